The first-order valence-corrected chi connectivity index (χ1v) is 11.0. The lowest BCUT2D eigenvalue weighted by Crippen LogP contribution is -2.44. The SMILES string of the molecule is Cn1c(CCCNC(=O)[C@H]2COc3ccccc3O2)nc2cc(NC(=O)c3ccco3)ccc21. The zero-order valence-electron chi connectivity index (χ0n) is 18.6. The van der Waals surface area contributed by atoms with Crippen molar-refractivity contribution < 1.29 is 23.5 Å². The minimum atomic E-state index is -0.666. The maximum absolute atomic E-state index is 12.5. The number of amides is 2. The molecular weight excluding hydrogens is 436 g/mol. The molecule has 0 bridgehead atoms. The van der Waals surface area contributed by atoms with Crippen molar-refractivity contribution in [2.45, 2.75) is 18.9 Å². The lowest BCUT2D eigenvalue weighted by atomic mass is 10.2. The molecule has 9 nitrogen and oxygen atoms in total. The molecule has 2 N–H and O–H groups in total. The van der Waals surface area contributed by atoms with Crippen LogP contribution >= 0.6 is 0 Å². The average molecular weight is 460 g/mol. The molecule has 34 heavy (non-hydrogen) atoms. The van der Waals surface area contributed by atoms with Crippen LogP contribution in [0, 0.1) is 0 Å². The second-order valence-electron chi connectivity index (χ2n) is 7.98. The number of hydrogen-bond acceptors (Lipinski definition) is 6. The van der Waals surface area contributed by atoms with Gasteiger partial charge in [0.25, 0.3) is 11.8 Å². The minimum Gasteiger partial charge on any atom is -0.485 e. The van der Waals surface area contributed by atoms with Crippen LogP contribution in [0.1, 0.15) is 22.8 Å². The van der Waals surface area contributed by atoms with Crippen LogP contribution in [0.15, 0.2) is 65.3 Å². The van der Waals surface area contributed by atoms with Gasteiger partial charge in [0.05, 0.1) is 17.3 Å². The number of rotatable bonds is 7. The fraction of sp³-hybridized carbons (Fsp3) is 0.240. The number of benzene rings is 2. The Balaban J connectivity index is 1.15. The molecule has 0 unspecified atom stereocenters. The van der Waals surface area contributed by atoms with Crippen molar-refractivity contribution in [3.63, 3.8) is 0 Å². The summed E-state index contributed by atoms with van der Waals surface area (Å²) >= 11 is 0. The summed E-state index contributed by atoms with van der Waals surface area (Å²) in [4.78, 5) is 29.4. The molecule has 2 aromatic heterocycles. The van der Waals surface area contributed by atoms with Crippen molar-refractivity contribution in [3.8, 4) is 11.5 Å². The number of nitrogens with one attached hydrogen (secondary N) is 2. The van der Waals surface area contributed by atoms with E-state index in [0.29, 0.717) is 30.2 Å². The van der Waals surface area contributed by atoms with Gasteiger partial charge in [-0.15, -0.1) is 0 Å². The Morgan fingerprint density at radius 1 is 1.12 bits per heavy atom. The third kappa shape index (κ3) is 4.45. The Kier molecular flexibility index (Phi) is 5.90. The molecule has 0 spiro atoms. The van der Waals surface area contributed by atoms with Crippen LogP contribution < -0.4 is 20.1 Å². The maximum atomic E-state index is 12.5. The fourth-order valence-corrected chi connectivity index (χ4v) is 3.87. The van der Waals surface area contributed by atoms with E-state index in [4.69, 9.17) is 18.9 Å². The number of anilines is 1. The van der Waals surface area contributed by atoms with Gasteiger partial charge in [-0.1, -0.05) is 12.1 Å². The lowest BCUT2D eigenvalue weighted by molar-refractivity contribution is -0.130. The molecule has 1 aliphatic rings. The molecule has 2 amide bonds. The third-order valence-corrected chi connectivity index (χ3v) is 5.65. The van der Waals surface area contributed by atoms with E-state index in [2.05, 4.69) is 10.6 Å². The second kappa shape index (κ2) is 9.30. The lowest BCUT2D eigenvalue weighted by Gasteiger charge is -2.25. The van der Waals surface area contributed by atoms with Gasteiger partial charge < -0.3 is 29.1 Å². The Morgan fingerprint density at radius 2 is 1.97 bits per heavy atom. The third-order valence-electron chi connectivity index (χ3n) is 5.65. The topological polar surface area (TPSA) is 108 Å². The Hall–Kier alpha value is -4.27. The van der Waals surface area contributed by atoms with Crippen molar-refractivity contribution >= 4 is 28.5 Å². The highest BCUT2D eigenvalue weighted by molar-refractivity contribution is 6.03. The molecule has 5 rings (SSSR count). The zero-order chi connectivity index (χ0) is 23.5. The standard InChI is InChI=1S/C25H24N4O5/c1-29-18-11-10-16(27-25(31)21-8-5-13-32-21)14-17(18)28-23(29)9-4-12-26-24(30)22-15-33-19-6-2-3-7-20(19)34-22/h2-3,5-8,10-11,13-14,22H,4,9,12,15H2,1H3,(H,26,30)(H,27,31)/t22-/m1/s1. The Bertz CT molecular complexity index is 1330. The number of hydrogen-bond donors (Lipinski definition) is 2. The first kappa shape index (κ1) is 21.6. The highest BCUT2D eigenvalue weighted by atomic mass is 16.6. The van der Waals surface area contributed by atoms with Crippen LogP contribution in [0.5, 0.6) is 11.5 Å². The molecule has 0 radical (unpaired) electrons. The second-order valence-corrected chi connectivity index (χ2v) is 7.98. The number of para-hydroxylation sites is 2. The number of aromatic nitrogens is 2. The van der Waals surface area contributed by atoms with Gasteiger partial charge in [0, 0.05) is 25.7 Å². The van der Waals surface area contributed by atoms with E-state index in [-0.39, 0.29) is 24.2 Å². The number of aryl methyl sites for hydroxylation is 2. The number of carbonyl (C=O) groups excluding carboxylic acids is 2. The normalized spacial score (nSPS) is 14.7. The van der Waals surface area contributed by atoms with Gasteiger partial charge >= 0.3 is 0 Å². The maximum Gasteiger partial charge on any atom is 0.291 e. The van der Waals surface area contributed by atoms with E-state index in [9.17, 15) is 9.59 Å². The fourth-order valence-electron chi connectivity index (χ4n) is 3.87. The molecule has 0 fully saturated rings. The summed E-state index contributed by atoms with van der Waals surface area (Å²) in [7, 11) is 1.95. The molecule has 0 aliphatic carbocycles. The Morgan fingerprint density at radius 3 is 2.79 bits per heavy atom. The molecular formula is C25H24N4O5. The number of ether oxygens (including phenoxy) is 2. The summed E-state index contributed by atoms with van der Waals surface area (Å²) in [5, 5.41) is 5.73. The predicted molar refractivity (Wildman–Crippen MR) is 125 cm³/mol. The van der Waals surface area contributed by atoms with E-state index >= 15 is 0 Å². The number of fused-ring (bicyclic) bond motifs is 2. The minimum absolute atomic E-state index is 0.187. The quantitative estimate of drug-likeness (QED) is 0.410. The number of nitrogens with zero attached hydrogens (tertiary/aromatic N) is 2. The van der Waals surface area contributed by atoms with Crippen LogP contribution in [-0.4, -0.2) is 40.6 Å². The van der Waals surface area contributed by atoms with Crippen molar-refractivity contribution in [1.29, 1.82) is 0 Å². The highest BCUT2D eigenvalue weighted by Crippen LogP contribution is 2.30. The molecule has 0 saturated heterocycles. The molecule has 9 heteroatoms. The van der Waals surface area contributed by atoms with E-state index in [0.717, 1.165) is 23.3 Å². The van der Waals surface area contributed by atoms with Gasteiger partial charge in [-0.25, -0.2) is 4.98 Å². The highest BCUT2D eigenvalue weighted by Gasteiger charge is 2.26. The van der Waals surface area contributed by atoms with Gasteiger partial charge in [-0.2, -0.15) is 0 Å². The Labute approximate surface area is 195 Å². The summed E-state index contributed by atoms with van der Waals surface area (Å²) < 4.78 is 18.5. The molecule has 0 saturated carbocycles. The van der Waals surface area contributed by atoms with E-state index < -0.39 is 6.10 Å². The number of imidazole rings is 1. The summed E-state index contributed by atoms with van der Waals surface area (Å²) in [6, 6.07) is 16.2. The van der Waals surface area contributed by atoms with Gasteiger partial charge in [0.1, 0.15) is 12.4 Å². The molecule has 174 valence electrons. The van der Waals surface area contributed by atoms with Crippen LogP contribution in [0.25, 0.3) is 11.0 Å². The summed E-state index contributed by atoms with van der Waals surface area (Å²) in [6.45, 7) is 0.681. The van der Waals surface area contributed by atoms with Crippen LogP contribution in [0.4, 0.5) is 5.69 Å². The van der Waals surface area contributed by atoms with Gasteiger partial charge in [-0.05, 0) is 48.9 Å². The number of carbonyl (C=O) groups is 2. The van der Waals surface area contributed by atoms with E-state index in [1.54, 1.807) is 18.2 Å². The van der Waals surface area contributed by atoms with Crippen molar-refractivity contribution in [2.24, 2.45) is 7.05 Å². The molecule has 1 atom stereocenters. The molecule has 2 aromatic carbocycles. The predicted octanol–water partition coefficient (Wildman–Crippen LogP) is 3.31. The van der Waals surface area contributed by atoms with Gasteiger partial charge in [-0.3, -0.25) is 9.59 Å². The molecule has 3 heterocycles. The summed E-state index contributed by atoms with van der Waals surface area (Å²) in [5.74, 6) is 1.86. The van der Waals surface area contributed by atoms with Crippen LogP contribution in [0.3, 0.4) is 0 Å². The van der Waals surface area contributed by atoms with Crippen molar-refractivity contribution in [3.05, 3.63) is 72.4 Å². The zero-order valence-corrected chi connectivity index (χ0v) is 18.6. The smallest absolute Gasteiger partial charge is 0.291 e. The molecule has 4 aromatic rings. The van der Waals surface area contributed by atoms with Crippen LogP contribution in [0.2, 0.25) is 0 Å². The summed E-state index contributed by atoms with van der Waals surface area (Å²) in [6.07, 6.45) is 2.19. The largest absolute Gasteiger partial charge is 0.485 e. The molecule has 1 aliphatic heterocycles. The van der Waals surface area contributed by atoms with Gasteiger partial charge in [0.2, 0.25) is 6.10 Å². The first-order chi connectivity index (χ1) is 16.6. The van der Waals surface area contributed by atoms with Gasteiger partial charge in [0.15, 0.2) is 17.3 Å². The van der Waals surface area contributed by atoms with Crippen molar-refractivity contribution in [1.82, 2.24) is 14.9 Å². The monoisotopic (exact) mass is 460 g/mol. The summed E-state index contributed by atoms with van der Waals surface area (Å²) in [5.41, 5.74) is 2.38. The van der Waals surface area contributed by atoms with E-state index in [1.165, 1.54) is 6.26 Å². The van der Waals surface area contributed by atoms with Crippen molar-refractivity contribution in [2.75, 3.05) is 18.5 Å². The number of furan rings is 1. The van der Waals surface area contributed by atoms with E-state index in [1.807, 2.05) is 48.0 Å². The van der Waals surface area contributed by atoms with Crippen LogP contribution in [-0.2, 0) is 18.3 Å². The first-order valence-electron chi connectivity index (χ1n) is 11.0. The average Bonchev–Trinajstić information content (AvgIpc) is 3.50.